The van der Waals surface area contributed by atoms with Crippen LogP contribution in [0.25, 0.3) is 0 Å². The summed E-state index contributed by atoms with van der Waals surface area (Å²) in [5.41, 5.74) is 1.42. The molecule has 0 heterocycles. The first-order chi connectivity index (χ1) is 16.2. The largest absolute Gasteiger partial charge is 0.492 e. The Morgan fingerprint density at radius 3 is 2.38 bits per heavy atom. The molecule has 0 aliphatic heterocycles. The van der Waals surface area contributed by atoms with Crippen molar-refractivity contribution in [2.24, 2.45) is 0 Å². The van der Waals surface area contributed by atoms with Crippen molar-refractivity contribution in [3.63, 3.8) is 0 Å². The van der Waals surface area contributed by atoms with Gasteiger partial charge in [0.2, 0.25) is 15.9 Å². The number of nitrogens with one attached hydrogen (secondary N) is 1. The van der Waals surface area contributed by atoms with Gasteiger partial charge in [-0.05, 0) is 55.3 Å². The molecule has 0 aliphatic rings. The summed E-state index contributed by atoms with van der Waals surface area (Å²) < 4.78 is 46.7. The van der Waals surface area contributed by atoms with Crippen molar-refractivity contribution in [1.82, 2.24) is 9.62 Å². The molecular weight excluding hydrogens is 479 g/mol. The van der Waals surface area contributed by atoms with Crippen molar-refractivity contribution in [3.05, 3.63) is 94.8 Å². The average molecular weight is 505 g/mol. The molecule has 0 aromatic heterocycles. The summed E-state index contributed by atoms with van der Waals surface area (Å²) >= 11 is 6.22. The van der Waals surface area contributed by atoms with Crippen LogP contribution in [0.3, 0.4) is 0 Å². The normalized spacial score (nSPS) is 12.4. The SMILES string of the molecule is CCOc1ccc(S(=O)(=O)N(CC(=O)N[C@H](C)c2ccc(F)cc2)Cc2ccccc2)cc1Cl. The first-order valence-corrected chi connectivity index (χ1v) is 12.5. The van der Waals surface area contributed by atoms with Crippen molar-refractivity contribution in [3.8, 4) is 5.75 Å². The maximum atomic E-state index is 13.5. The first kappa shape index (κ1) is 25.7. The highest BCUT2D eigenvalue weighted by molar-refractivity contribution is 7.89. The molecule has 1 N–H and O–H groups in total. The summed E-state index contributed by atoms with van der Waals surface area (Å²) in [5, 5.41) is 2.94. The fraction of sp³-hybridized carbons (Fsp3) is 0.240. The smallest absolute Gasteiger partial charge is 0.243 e. The van der Waals surface area contributed by atoms with Crippen LogP contribution in [0.5, 0.6) is 5.75 Å². The molecule has 0 fully saturated rings. The number of hydrogen-bond donors (Lipinski definition) is 1. The molecule has 0 unspecified atom stereocenters. The highest BCUT2D eigenvalue weighted by Crippen LogP contribution is 2.29. The third-order valence-corrected chi connectivity index (χ3v) is 7.19. The monoisotopic (exact) mass is 504 g/mol. The van der Waals surface area contributed by atoms with E-state index in [1.54, 1.807) is 50.2 Å². The molecular formula is C25H26ClFN2O4S. The van der Waals surface area contributed by atoms with E-state index < -0.39 is 28.5 Å². The Kier molecular flexibility index (Phi) is 8.66. The molecule has 0 bridgehead atoms. The molecule has 180 valence electrons. The molecule has 0 radical (unpaired) electrons. The Labute approximate surface area is 204 Å². The lowest BCUT2D eigenvalue weighted by Crippen LogP contribution is -2.41. The Hall–Kier alpha value is -2.94. The Balaban J connectivity index is 1.85. The van der Waals surface area contributed by atoms with Crippen LogP contribution in [-0.2, 0) is 21.4 Å². The highest BCUT2D eigenvalue weighted by atomic mass is 35.5. The summed E-state index contributed by atoms with van der Waals surface area (Å²) in [6, 6.07) is 18.5. The second kappa shape index (κ2) is 11.5. The van der Waals surface area contributed by atoms with Gasteiger partial charge in [0, 0.05) is 6.54 Å². The molecule has 1 amide bonds. The number of ether oxygens (including phenoxy) is 1. The molecule has 0 saturated heterocycles. The van der Waals surface area contributed by atoms with Crippen molar-refractivity contribution < 1.29 is 22.3 Å². The van der Waals surface area contributed by atoms with E-state index in [1.165, 1.54) is 30.3 Å². The van der Waals surface area contributed by atoms with Crippen molar-refractivity contribution in [2.75, 3.05) is 13.2 Å². The van der Waals surface area contributed by atoms with E-state index in [1.807, 2.05) is 6.07 Å². The summed E-state index contributed by atoms with van der Waals surface area (Å²) in [6.45, 7) is 3.51. The van der Waals surface area contributed by atoms with Gasteiger partial charge in [0.15, 0.2) is 0 Å². The molecule has 3 aromatic rings. The second-order valence-electron chi connectivity index (χ2n) is 7.62. The number of sulfonamides is 1. The maximum Gasteiger partial charge on any atom is 0.243 e. The zero-order valence-corrected chi connectivity index (χ0v) is 20.4. The van der Waals surface area contributed by atoms with E-state index in [0.29, 0.717) is 17.9 Å². The summed E-state index contributed by atoms with van der Waals surface area (Å²) in [4.78, 5) is 12.8. The van der Waals surface area contributed by atoms with Crippen molar-refractivity contribution in [1.29, 1.82) is 0 Å². The minimum absolute atomic E-state index is 0.00759. The molecule has 3 rings (SSSR count). The van der Waals surface area contributed by atoms with E-state index in [0.717, 1.165) is 9.87 Å². The minimum Gasteiger partial charge on any atom is -0.492 e. The van der Waals surface area contributed by atoms with Gasteiger partial charge < -0.3 is 10.1 Å². The van der Waals surface area contributed by atoms with E-state index in [4.69, 9.17) is 16.3 Å². The van der Waals surface area contributed by atoms with Crippen LogP contribution in [0, 0.1) is 5.82 Å². The number of amides is 1. The predicted octanol–water partition coefficient (Wildman–Crippen LogP) is 4.95. The number of nitrogens with zero attached hydrogens (tertiary/aromatic N) is 1. The first-order valence-electron chi connectivity index (χ1n) is 10.7. The van der Waals surface area contributed by atoms with Crippen LogP contribution < -0.4 is 10.1 Å². The molecule has 3 aromatic carbocycles. The summed E-state index contributed by atoms with van der Waals surface area (Å²) in [7, 11) is -4.07. The zero-order chi connectivity index (χ0) is 24.7. The molecule has 0 spiro atoms. The Morgan fingerprint density at radius 1 is 1.09 bits per heavy atom. The van der Waals surface area contributed by atoms with Gasteiger partial charge in [0.05, 0.1) is 29.1 Å². The third kappa shape index (κ3) is 6.56. The van der Waals surface area contributed by atoms with Gasteiger partial charge in [0.25, 0.3) is 0 Å². The van der Waals surface area contributed by atoms with Crippen LogP contribution in [0.4, 0.5) is 4.39 Å². The third-order valence-electron chi connectivity index (χ3n) is 5.11. The molecule has 0 saturated carbocycles. The second-order valence-corrected chi connectivity index (χ2v) is 9.97. The van der Waals surface area contributed by atoms with Crippen molar-refractivity contribution >= 4 is 27.5 Å². The van der Waals surface area contributed by atoms with Crippen LogP contribution in [0.2, 0.25) is 5.02 Å². The topological polar surface area (TPSA) is 75.7 Å². The summed E-state index contributed by atoms with van der Waals surface area (Å²) in [5.74, 6) is -0.492. The van der Waals surface area contributed by atoms with Crippen LogP contribution in [0.15, 0.2) is 77.7 Å². The number of rotatable bonds is 10. The molecule has 1 atom stereocenters. The van der Waals surface area contributed by atoms with Crippen LogP contribution >= 0.6 is 11.6 Å². The lowest BCUT2D eigenvalue weighted by Gasteiger charge is -2.23. The number of carbonyl (C=O) groups excluding carboxylic acids is 1. The molecule has 6 nitrogen and oxygen atoms in total. The number of benzene rings is 3. The van der Waals surface area contributed by atoms with Gasteiger partial charge in [0.1, 0.15) is 11.6 Å². The highest BCUT2D eigenvalue weighted by Gasteiger charge is 2.28. The van der Waals surface area contributed by atoms with E-state index in [9.17, 15) is 17.6 Å². The maximum absolute atomic E-state index is 13.5. The van der Waals surface area contributed by atoms with Crippen LogP contribution in [0.1, 0.15) is 31.0 Å². The molecule has 0 aliphatic carbocycles. The number of hydrogen-bond acceptors (Lipinski definition) is 4. The Bertz CT molecular complexity index is 1220. The Morgan fingerprint density at radius 2 is 1.76 bits per heavy atom. The van der Waals surface area contributed by atoms with Gasteiger partial charge in [-0.1, -0.05) is 54.1 Å². The number of carbonyl (C=O) groups is 1. The number of halogens is 2. The predicted molar refractivity (Wildman–Crippen MR) is 130 cm³/mol. The van der Waals surface area contributed by atoms with Gasteiger partial charge in [-0.3, -0.25) is 4.79 Å². The van der Waals surface area contributed by atoms with E-state index >= 15 is 0 Å². The van der Waals surface area contributed by atoms with Gasteiger partial charge in [-0.15, -0.1) is 0 Å². The summed E-state index contributed by atoms with van der Waals surface area (Å²) in [6.07, 6.45) is 0. The standard InChI is InChI=1S/C25H26ClFN2O4S/c1-3-33-24-14-13-22(15-23(24)26)34(31,32)29(16-19-7-5-4-6-8-19)17-25(30)28-18(2)20-9-11-21(27)12-10-20/h4-15,18H,3,16-17H2,1-2H3,(H,28,30)/t18-/m1/s1. The fourth-order valence-corrected chi connectivity index (χ4v) is 5.07. The molecule has 9 heteroatoms. The average Bonchev–Trinajstić information content (AvgIpc) is 2.81. The molecule has 34 heavy (non-hydrogen) atoms. The fourth-order valence-electron chi connectivity index (χ4n) is 3.36. The minimum atomic E-state index is -4.07. The van der Waals surface area contributed by atoms with Gasteiger partial charge >= 0.3 is 0 Å². The lowest BCUT2D eigenvalue weighted by molar-refractivity contribution is -0.122. The van der Waals surface area contributed by atoms with E-state index in [2.05, 4.69) is 5.32 Å². The van der Waals surface area contributed by atoms with Gasteiger partial charge in [-0.2, -0.15) is 4.31 Å². The van der Waals surface area contributed by atoms with Gasteiger partial charge in [-0.25, -0.2) is 12.8 Å². The van der Waals surface area contributed by atoms with E-state index in [-0.39, 0.29) is 22.3 Å². The van der Waals surface area contributed by atoms with Crippen LogP contribution in [-0.4, -0.2) is 31.8 Å². The lowest BCUT2D eigenvalue weighted by atomic mass is 10.1. The van der Waals surface area contributed by atoms with Crippen molar-refractivity contribution in [2.45, 2.75) is 31.3 Å². The zero-order valence-electron chi connectivity index (χ0n) is 18.9. The quantitative estimate of drug-likeness (QED) is 0.424.